The third-order valence-corrected chi connectivity index (χ3v) is 8.84. The van der Waals surface area contributed by atoms with Crippen LogP contribution in [-0.4, -0.2) is 66.3 Å². The normalized spacial score (nSPS) is 16.1. The first-order chi connectivity index (χ1) is 19.0. The smallest absolute Gasteiger partial charge is 0.410 e. The van der Waals surface area contributed by atoms with Crippen LogP contribution in [0, 0.1) is 5.92 Å². The van der Waals surface area contributed by atoms with Crippen molar-refractivity contribution in [1.29, 1.82) is 0 Å². The Kier molecular flexibility index (Phi) is 9.23. The summed E-state index contributed by atoms with van der Waals surface area (Å²) in [7, 11) is -7.77. The topological polar surface area (TPSA) is 136 Å². The van der Waals surface area contributed by atoms with Crippen molar-refractivity contribution in [3.05, 3.63) is 95.6 Å². The number of hydrogen-bond donors (Lipinski definition) is 1. The second kappa shape index (κ2) is 12.6. The Morgan fingerprint density at radius 3 is 2.27 bits per heavy atom. The predicted octanol–water partition coefficient (Wildman–Crippen LogP) is 3.04. The molecular weight excluding hydrogens is 556 g/mol. The van der Waals surface area contributed by atoms with Crippen LogP contribution < -0.4 is 4.72 Å². The van der Waals surface area contributed by atoms with Crippen LogP contribution in [0.2, 0.25) is 0 Å². The fourth-order valence-corrected chi connectivity index (χ4v) is 5.91. The van der Waals surface area contributed by atoms with Crippen molar-refractivity contribution >= 4 is 31.9 Å². The Balaban J connectivity index is 1.43. The minimum Gasteiger partial charge on any atom is -0.445 e. The second-order valence-corrected chi connectivity index (χ2v) is 13.2. The summed E-state index contributed by atoms with van der Waals surface area (Å²) < 4.78 is 62.3. The first-order valence-electron chi connectivity index (χ1n) is 12.5. The zero-order valence-electron chi connectivity index (χ0n) is 21.9. The van der Waals surface area contributed by atoms with Gasteiger partial charge < -0.3 is 14.4 Å². The Morgan fingerprint density at radius 2 is 1.57 bits per heavy atom. The lowest BCUT2D eigenvalue weighted by Crippen LogP contribution is -2.37. The van der Waals surface area contributed by atoms with E-state index in [9.17, 15) is 26.4 Å². The maximum absolute atomic E-state index is 13.1. The molecule has 1 aliphatic rings. The molecule has 3 aromatic rings. The summed E-state index contributed by atoms with van der Waals surface area (Å²) >= 11 is 0. The molecule has 0 saturated carbocycles. The summed E-state index contributed by atoms with van der Waals surface area (Å²) in [5.74, 6) is -0.989. The number of nitrogens with one attached hydrogen (secondary N) is 1. The van der Waals surface area contributed by atoms with Crippen LogP contribution in [0.4, 0.5) is 4.79 Å². The van der Waals surface area contributed by atoms with E-state index in [1.807, 2.05) is 30.3 Å². The van der Waals surface area contributed by atoms with Crippen molar-refractivity contribution in [3.63, 3.8) is 0 Å². The van der Waals surface area contributed by atoms with Gasteiger partial charge in [-0.15, -0.1) is 0 Å². The Labute approximate surface area is 233 Å². The number of amides is 2. The zero-order chi connectivity index (χ0) is 28.8. The molecular formula is C28H30N2O8S2. The number of carbonyl (C=O) groups is 2. The van der Waals surface area contributed by atoms with Gasteiger partial charge in [-0.1, -0.05) is 48.5 Å². The summed E-state index contributed by atoms with van der Waals surface area (Å²) in [5, 5.41) is 0. The van der Waals surface area contributed by atoms with Crippen LogP contribution in [0.3, 0.4) is 0 Å². The molecule has 1 heterocycles. The number of sulfone groups is 1. The minimum atomic E-state index is -4.26. The van der Waals surface area contributed by atoms with Gasteiger partial charge in [0.05, 0.1) is 23.0 Å². The van der Waals surface area contributed by atoms with E-state index in [1.54, 1.807) is 23.1 Å². The lowest BCUT2D eigenvalue weighted by molar-refractivity contribution is 0.0914. The van der Waals surface area contributed by atoms with E-state index >= 15 is 0 Å². The largest absolute Gasteiger partial charge is 0.445 e. The zero-order valence-corrected chi connectivity index (χ0v) is 23.5. The third kappa shape index (κ3) is 7.68. The van der Waals surface area contributed by atoms with Crippen LogP contribution in [0.25, 0.3) is 0 Å². The maximum atomic E-state index is 13.1. The van der Waals surface area contributed by atoms with Gasteiger partial charge in [0.25, 0.3) is 15.9 Å². The molecule has 212 valence electrons. The van der Waals surface area contributed by atoms with Crippen molar-refractivity contribution in [3.8, 4) is 0 Å². The summed E-state index contributed by atoms with van der Waals surface area (Å²) in [6.07, 6.45) is 0.912. The highest BCUT2D eigenvalue weighted by Gasteiger charge is 2.26. The Bertz CT molecular complexity index is 1560. The lowest BCUT2D eigenvalue weighted by atomic mass is 9.95. The van der Waals surface area contributed by atoms with Gasteiger partial charge in [0.15, 0.2) is 9.84 Å². The quantitative estimate of drug-likeness (QED) is 0.426. The van der Waals surface area contributed by atoms with Crippen molar-refractivity contribution in [1.82, 2.24) is 9.62 Å². The minimum absolute atomic E-state index is 0.0354. The Hall–Kier alpha value is -3.74. The van der Waals surface area contributed by atoms with Gasteiger partial charge in [0.2, 0.25) is 0 Å². The van der Waals surface area contributed by atoms with Crippen LogP contribution in [0.5, 0.6) is 0 Å². The monoisotopic (exact) mass is 586 g/mol. The number of hydrogen-bond acceptors (Lipinski definition) is 8. The van der Waals surface area contributed by atoms with E-state index in [1.165, 1.54) is 18.2 Å². The van der Waals surface area contributed by atoms with Crippen LogP contribution >= 0.6 is 0 Å². The summed E-state index contributed by atoms with van der Waals surface area (Å²) in [6.45, 7) is 1.55. The van der Waals surface area contributed by atoms with Gasteiger partial charge in [-0.2, -0.15) is 0 Å². The molecule has 3 aromatic carbocycles. The molecule has 0 bridgehead atoms. The van der Waals surface area contributed by atoms with Crippen molar-refractivity contribution in [2.75, 3.05) is 32.6 Å². The first-order valence-corrected chi connectivity index (χ1v) is 15.9. The van der Waals surface area contributed by atoms with Crippen molar-refractivity contribution in [2.24, 2.45) is 5.92 Å². The molecule has 0 aromatic heterocycles. The molecule has 1 saturated heterocycles. The van der Waals surface area contributed by atoms with Gasteiger partial charge in [-0.3, -0.25) is 4.79 Å². The standard InChI is InChI=1S/C28H30N2O8S2/c1-39(33,34)24-11-13-25(14-12-24)40(35,36)29-27(31)26-10-6-5-9-23(26)17-22-18-30(15-16-37-19-22)28(32)38-20-21-7-3-2-4-8-21/h2-14,22H,15-20H2,1H3,(H,29,31)/t22-/m0/s1. The van der Waals surface area contributed by atoms with E-state index < -0.39 is 31.9 Å². The highest BCUT2D eigenvalue weighted by molar-refractivity contribution is 7.91. The number of rotatable bonds is 8. The molecule has 1 atom stereocenters. The molecule has 0 unspecified atom stereocenters. The molecule has 10 nitrogen and oxygen atoms in total. The van der Waals surface area contributed by atoms with E-state index in [2.05, 4.69) is 4.72 Å². The molecule has 0 radical (unpaired) electrons. The van der Waals surface area contributed by atoms with Crippen molar-refractivity contribution < 1.29 is 35.9 Å². The van der Waals surface area contributed by atoms with Gasteiger partial charge in [0.1, 0.15) is 6.61 Å². The fourth-order valence-electron chi connectivity index (χ4n) is 4.31. The van der Waals surface area contributed by atoms with E-state index in [0.29, 0.717) is 38.3 Å². The Morgan fingerprint density at radius 1 is 0.925 bits per heavy atom. The van der Waals surface area contributed by atoms with Gasteiger partial charge in [-0.25, -0.2) is 26.4 Å². The average Bonchev–Trinajstić information content (AvgIpc) is 3.17. The molecule has 40 heavy (non-hydrogen) atoms. The molecule has 1 fully saturated rings. The number of sulfonamides is 1. The summed E-state index contributed by atoms with van der Waals surface area (Å²) in [5.41, 5.74) is 1.64. The van der Waals surface area contributed by atoms with Gasteiger partial charge in [-0.05, 0) is 47.9 Å². The number of nitrogens with zero attached hydrogens (tertiary/aromatic N) is 1. The molecule has 0 spiro atoms. The predicted molar refractivity (Wildman–Crippen MR) is 147 cm³/mol. The SMILES string of the molecule is CS(=O)(=O)c1ccc(S(=O)(=O)NC(=O)c2ccccc2C[C@@H]2COCCN(C(=O)OCc3ccccc3)C2)cc1. The second-order valence-electron chi connectivity index (χ2n) is 9.47. The third-order valence-electron chi connectivity index (χ3n) is 6.36. The van der Waals surface area contributed by atoms with Crippen LogP contribution in [0.15, 0.2) is 88.7 Å². The lowest BCUT2D eigenvalue weighted by Gasteiger charge is -2.23. The number of benzene rings is 3. The van der Waals surface area contributed by atoms with Crippen molar-refractivity contribution in [2.45, 2.75) is 22.8 Å². The molecule has 4 rings (SSSR count). The highest BCUT2D eigenvalue weighted by atomic mass is 32.2. The number of ether oxygens (including phenoxy) is 2. The summed E-state index contributed by atoms with van der Waals surface area (Å²) in [6, 6.07) is 20.6. The van der Waals surface area contributed by atoms with Gasteiger partial charge >= 0.3 is 6.09 Å². The highest BCUT2D eigenvalue weighted by Crippen LogP contribution is 2.20. The molecule has 1 aliphatic heterocycles. The molecule has 1 N–H and O–H groups in total. The van der Waals surface area contributed by atoms with E-state index in [4.69, 9.17) is 9.47 Å². The molecule has 12 heteroatoms. The van der Waals surface area contributed by atoms with Gasteiger partial charge in [0, 0.05) is 30.8 Å². The number of carbonyl (C=O) groups excluding carboxylic acids is 2. The van der Waals surface area contributed by atoms with E-state index in [-0.39, 0.29) is 27.9 Å². The van der Waals surface area contributed by atoms with Crippen LogP contribution in [-0.2, 0) is 42.4 Å². The first kappa shape index (κ1) is 29.2. The van der Waals surface area contributed by atoms with Crippen LogP contribution in [0.1, 0.15) is 21.5 Å². The molecule has 2 amide bonds. The summed E-state index contributed by atoms with van der Waals surface area (Å²) in [4.78, 5) is 27.1. The van der Waals surface area contributed by atoms with E-state index in [0.717, 1.165) is 24.0 Å². The maximum Gasteiger partial charge on any atom is 0.410 e. The average molecular weight is 587 g/mol. The fraction of sp³-hybridized carbons (Fsp3) is 0.286. The molecule has 0 aliphatic carbocycles.